The van der Waals surface area contributed by atoms with E-state index in [2.05, 4.69) is 41.8 Å². The Hall–Kier alpha value is 0.170. The second-order valence-corrected chi connectivity index (χ2v) is 15.2. The van der Waals surface area contributed by atoms with Crippen LogP contribution in [0.15, 0.2) is 0 Å². The van der Waals surface area contributed by atoms with Crippen molar-refractivity contribution in [3.8, 4) is 0 Å². The third-order valence-electron chi connectivity index (χ3n) is 10.6. The Morgan fingerprint density at radius 1 is 0.326 bits per heavy atom. The molecule has 0 bridgehead atoms. The van der Waals surface area contributed by atoms with Gasteiger partial charge in [-0.15, -0.1) is 0 Å². The number of quaternary nitrogens is 1. The quantitative estimate of drug-likeness (QED) is 0.0369. The molecule has 46 heavy (non-hydrogen) atoms. The minimum atomic E-state index is 0. The fraction of sp³-hybridized carbons (Fsp3) is 1.00. The zero-order chi connectivity index (χ0) is 33.1. The van der Waals surface area contributed by atoms with E-state index in [4.69, 9.17) is 9.47 Å². The van der Waals surface area contributed by atoms with Gasteiger partial charge in [-0.25, -0.2) is 0 Å². The second kappa shape index (κ2) is 38.0. The molecule has 2 unspecified atom stereocenters. The molecule has 0 radical (unpaired) electrons. The number of unbranched alkanes of at least 4 members (excludes halogenated alkanes) is 30. The van der Waals surface area contributed by atoms with Crippen molar-refractivity contribution in [2.75, 3.05) is 27.3 Å². The molecule has 0 aliphatic heterocycles. The summed E-state index contributed by atoms with van der Waals surface area (Å²) < 4.78 is 13.3. The fourth-order valence-electron chi connectivity index (χ4n) is 6.49. The molecule has 0 amide bonds. The molecule has 0 aromatic carbocycles. The molecule has 0 rings (SSSR count). The van der Waals surface area contributed by atoms with E-state index in [9.17, 15) is 0 Å². The van der Waals surface area contributed by atoms with Crippen LogP contribution in [0.1, 0.15) is 233 Å². The predicted molar refractivity (Wildman–Crippen MR) is 202 cm³/mol. The molecule has 0 heterocycles. The van der Waals surface area contributed by atoms with Gasteiger partial charge in [-0.05, 0) is 12.8 Å². The van der Waals surface area contributed by atoms with Crippen molar-refractivity contribution in [1.82, 2.24) is 0 Å². The molecule has 0 N–H and O–H groups in total. The van der Waals surface area contributed by atoms with Crippen LogP contribution < -0.4 is 12.4 Å². The molecule has 0 aromatic heterocycles. The minimum Gasteiger partial charge on any atom is -1.00 e. The van der Waals surface area contributed by atoms with Gasteiger partial charge in [0.1, 0.15) is 0 Å². The Kier molecular flexibility index (Phi) is 39.9. The van der Waals surface area contributed by atoms with E-state index in [0.717, 1.165) is 17.7 Å². The van der Waals surface area contributed by atoms with Gasteiger partial charge in [0.25, 0.3) is 0 Å². The SMILES string of the molecule is CCCCCCCCCCCCCCCCCCOC(C)[N+](C)(C)C(C)OCCCCCCCCCCCCCCCCCC.[Cl-]. The first kappa shape index (κ1) is 48.3. The van der Waals surface area contributed by atoms with Crippen molar-refractivity contribution in [3.63, 3.8) is 0 Å². The van der Waals surface area contributed by atoms with Crippen molar-refractivity contribution in [3.05, 3.63) is 0 Å². The van der Waals surface area contributed by atoms with E-state index in [1.807, 2.05) is 0 Å². The first-order valence-corrected chi connectivity index (χ1v) is 21.0. The highest BCUT2D eigenvalue weighted by Gasteiger charge is 2.31. The van der Waals surface area contributed by atoms with Gasteiger partial charge in [-0.2, -0.15) is 0 Å². The Labute approximate surface area is 298 Å². The number of hydrogen-bond acceptors (Lipinski definition) is 2. The summed E-state index contributed by atoms with van der Waals surface area (Å²) in [6.45, 7) is 10.8. The molecule has 3 nitrogen and oxygen atoms in total. The number of halogens is 1. The van der Waals surface area contributed by atoms with Crippen LogP contribution in [-0.4, -0.2) is 44.2 Å². The van der Waals surface area contributed by atoms with Gasteiger partial charge in [-0.3, -0.25) is 4.48 Å². The molecule has 4 heteroatoms. The maximum absolute atomic E-state index is 6.28. The zero-order valence-corrected chi connectivity index (χ0v) is 33.6. The largest absolute Gasteiger partial charge is 1.00 e. The second-order valence-electron chi connectivity index (χ2n) is 15.2. The average Bonchev–Trinajstić information content (AvgIpc) is 3.03. The number of nitrogens with zero attached hydrogens (tertiary/aromatic N) is 1. The molecule has 2 atom stereocenters. The van der Waals surface area contributed by atoms with Gasteiger partial charge in [0.2, 0.25) is 0 Å². The first-order valence-electron chi connectivity index (χ1n) is 21.0. The Bertz CT molecular complexity index is 512. The van der Waals surface area contributed by atoms with E-state index in [-0.39, 0.29) is 24.9 Å². The van der Waals surface area contributed by atoms with Crippen molar-refractivity contribution in [2.45, 2.75) is 246 Å². The van der Waals surface area contributed by atoms with Crippen molar-refractivity contribution >= 4 is 0 Å². The topological polar surface area (TPSA) is 18.5 Å². The Morgan fingerprint density at radius 2 is 0.500 bits per heavy atom. The Morgan fingerprint density at radius 3 is 0.696 bits per heavy atom. The van der Waals surface area contributed by atoms with Crippen molar-refractivity contribution in [1.29, 1.82) is 0 Å². The van der Waals surface area contributed by atoms with Gasteiger partial charge >= 0.3 is 0 Å². The van der Waals surface area contributed by atoms with Crippen LogP contribution in [0.2, 0.25) is 0 Å². The number of rotatable bonds is 38. The summed E-state index contributed by atoms with van der Waals surface area (Å²) >= 11 is 0. The number of hydrogen-bond donors (Lipinski definition) is 0. The van der Waals surface area contributed by atoms with Crippen molar-refractivity contribution < 1.29 is 26.4 Å². The van der Waals surface area contributed by atoms with E-state index in [1.54, 1.807) is 0 Å². The lowest BCUT2D eigenvalue weighted by Gasteiger charge is -2.40. The molecule has 0 saturated heterocycles. The van der Waals surface area contributed by atoms with Gasteiger partial charge in [-0.1, -0.05) is 206 Å². The number of ether oxygens (including phenoxy) is 2. The zero-order valence-electron chi connectivity index (χ0n) is 32.8. The van der Waals surface area contributed by atoms with Gasteiger partial charge < -0.3 is 21.9 Å². The van der Waals surface area contributed by atoms with E-state index < -0.39 is 0 Å². The smallest absolute Gasteiger partial charge is 0.191 e. The average molecular weight is 675 g/mol. The lowest BCUT2D eigenvalue weighted by atomic mass is 10.0. The van der Waals surface area contributed by atoms with Crippen LogP contribution >= 0.6 is 0 Å². The van der Waals surface area contributed by atoms with Crippen LogP contribution in [-0.2, 0) is 9.47 Å². The molecular weight excluding hydrogens is 586 g/mol. The lowest BCUT2D eigenvalue weighted by molar-refractivity contribution is -0.975. The Balaban J connectivity index is 0. The highest BCUT2D eigenvalue weighted by atomic mass is 35.5. The van der Waals surface area contributed by atoms with E-state index in [1.165, 1.54) is 205 Å². The summed E-state index contributed by atoms with van der Waals surface area (Å²) in [6, 6.07) is 0. The maximum atomic E-state index is 6.28. The first-order chi connectivity index (χ1) is 22.0. The summed E-state index contributed by atoms with van der Waals surface area (Å²) in [5, 5.41) is 0. The summed E-state index contributed by atoms with van der Waals surface area (Å²) in [4.78, 5) is 0. The van der Waals surface area contributed by atoms with Crippen molar-refractivity contribution in [2.24, 2.45) is 0 Å². The van der Waals surface area contributed by atoms with Crippen LogP contribution in [0, 0.1) is 0 Å². The third-order valence-corrected chi connectivity index (χ3v) is 10.6. The molecule has 0 fully saturated rings. The van der Waals surface area contributed by atoms with Gasteiger partial charge in [0, 0.05) is 13.8 Å². The maximum Gasteiger partial charge on any atom is 0.191 e. The molecule has 0 aromatic rings. The summed E-state index contributed by atoms with van der Waals surface area (Å²) in [5.41, 5.74) is 0. The van der Waals surface area contributed by atoms with E-state index in [0.29, 0.717) is 0 Å². The highest BCUT2D eigenvalue weighted by Crippen LogP contribution is 2.18. The van der Waals surface area contributed by atoms with Gasteiger partial charge in [0.15, 0.2) is 12.5 Å². The normalized spacial score (nSPS) is 13.2. The molecule has 0 aliphatic rings. The molecule has 0 saturated carbocycles. The summed E-state index contributed by atoms with van der Waals surface area (Å²) in [5.74, 6) is 0. The molecular formula is C42H88ClNO2. The molecule has 0 spiro atoms. The fourth-order valence-corrected chi connectivity index (χ4v) is 6.49. The summed E-state index contributed by atoms with van der Waals surface area (Å²) in [6.07, 6.45) is 45.5. The highest BCUT2D eigenvalue weighted by molar-refractivity contribution is 4.52. The van der Waals surface area contributed by atoms with Gasteiger partial charge in [0.05, 0.1) is 27.3 Å². The third kappa shape index (κ3) is 32.7. The van der Waals surface area contributed by atoms with Crippen LogP contribution in [0.5, 0.6) is 0 Å². The molecule has 280 valence electrons. The lowest BCUT2D eigenvalue weighted by Crippen LogP contribution is -3.00. The predicted octanol–water partition coefficient (Wildman–Crippen LogP) is 11.3. The molecule has 0 aliphatic carbocycles. The summed E-state index contributed by atoms with van der Waals surface area (Å²) in [7, 11) is 4.52. The monoisotopic (exact) mass is 674 g/mol. The van der Waals surface area contributed by atoms with Crippen LogP contribution in [0.4, 0.5) is 0 Å². The van der Waals surface area contributed by atoms with Crippen LogP contribution in [0.25, 0.3) is 0 Å². The minimum absolute atomic E-state index is 0. The standard InChI is InChI=1S/C42H88NO2.ClH/c1-7-9-11-13-15-17-19-21-23-25-27-29-31-33-35-37-39-44-41(3)43(5,6)42(4)45-40-38-36-34-32-30-28-26-24-22-20-18-16-14-12-10-8-2;/h41-42H,7-40H2,1-6H3;1H/q+1;/p-1. The van der Waals surface area contributed by atoms with E-state index >= 15 is 0 Å². The van der Waals surface area contributed by atoms with Crippen LogP contribution in [0.3, 0.4) is 0 Å².